The molecule has 1 amide bonds. The Labute approximate surface area is 105 Å². The highest BCUT2D eigenvalue weighted by Crippen LogP contribution is 2.12. The van der Waals surface area contributed by atoms with Crippen LogP contribution in [0.2, 0.25) is 0 Å². The zero-order valence-corrected chi connectivity index (χ0v) is 11.8. The third kappa shape index (κ3) is 7.80. The van der Waals surface area contributed by atoms with Crippen LogP contribution in [0.5, 0.6) is 0 Å². The lowest BCUT2D eigenvalue weighted by Crippen LogP contribution is -2.45. The normalized spacial score (nSPS) is 12.3. The molecule has 0 spiro atoms. The number of carbonyl (C=O) groups is 1. The van der Waals surface area contributed by atoms with Gasteiger partial charge in [-0.15, -0.1) is 6.58 Å². The standard InChI is InChI=1S/C13H26N2O2/c1-11(16)10-15(5,6)9-7-8-14-12(17)13(2,3)4/h1,7-10H2,2-6H3,(H-,14,16,17). The number of nitrogens with one attached hydrogen (secondary N) is 1. The molecule has 0 rings (SSSR count). The van der Waals surface area contributed by atoms with E-state index in [1.54, 1.807) is 0 Å². The van der Waals surface area contributed by atoms with Crippen molar-refractivity contribution in [2.24, 2.45) is 5.41 Å². The van der Waals surface area contributed by atoms with Crippen molar-refractivity contribution in [3.8, 4) is 0 Å². The second-order valence-electron chi connectivity index (χ2n) is 6.22. The van der Waals surface area contributed by atoms with E-state index in [1.165, 1.54) is 0 Å². The van der Waals surface area contributed by atoms with Crippen molar-refractivity contribution in [2.45, 2.75) is 27.2 Å². The van der Waals surface area contributed by atoms with Crippen LogP contribution in [-0.4, -0.2) is 44.1 Å². The molecule has 0 heterocycles. The minimum absolute atomic E-state index is 0.0475. The van der Waals surface area contributed by atoms with Gasteiger partial charge in [-0.1, -0.05) is 26.5 Å². The summed E-state index contributed by atoms with van der Waals surface area (Å²) in [5.41, 5.74) is -0.340. The zero-order chi connectivity index (χ0) is 13.7. The Morgan fingerprint density at radius 3 is 2.29 bits per heavy atom. The first-order valence-corrected chi connectivity index (χ1v) is 6.00. The molecule has 0 fully saturated rings. The first kappa shape index (κ1) is 16.0. The number of nitrogens with zero attached hydrogens (tertiary/aromatic N) is 1. The van der Waals surface area contributed by atoms with Crippen molar-refractivity contribution >= 4 is 5.91 Å². The van der Waals surface area contributed by atoms with Gasteiger partial charge in [-0.2, -0.15) is 0 Å². The Bertz CT molecular complexity index is 278. The molecule has 0 bridgehead atoms. The van der Waals surface area contributed by atoms with Gasteiger partial charge in [0.2, 0.25) is 5.91 Å². The lowest BCUT2D eigenvalue weighted by Gasteiger charge is -2.32. The molecular weight excluding hydrogens is 216 g/mol. The van der Waals surface area contributed by atoms with Gasteiger partial charge in [0.05, 0.1) is 27.2 Å². The van der Waals surface area contributed by atoms with E-state index in [9.17, 15) is 9.90 Å². The van der Waals surface area contributed by atoms with Crippen LogP contribution in [0, 0.1) is 5.41 Å². The van der Waals surface area contributed by atoms with Crippen LogP contribution in [0.3, 0.4) is 0 Å². The second kappa shape index (κ2) is 6.05. The average molecular weight is 242 g/mol. The second-order valence-corrected chi connectivity index (χ2v) is 6.22. The number of quaternary nitrogens is 1. The van der Waals surface area contributed by atoms with E-state index in [2.05, 4.69) is 11.9 Å². The Morgan fingerprint density at radius 2 is 1.88 bits per heavy atom. The summed E-state index contributed by atoms with van der Waals surface area (Å²) in [6, 6.07) is 0. The smallest absolute Gasteiger partial charge is 0.225 e. The Balaban J connectivity index is 3.86. The summed E-state index contributed by atoms with van der Waals surface area (Å²) in [6.07, 6.45) is 0.863. The minimum Gasteiger partial charge on any atom is -0.872 e. The molecule has 0 aromatic rings. The van der Waals surface area contributed by atoms with Crippen molar-refractivity contribution in [3.05, 3.63) is 12.3 Å². The van der Waals surface area contributed by atoms with Gasteiger partial charge in [0.1, 0.15) is 0 Å². The maximum atomic E-state index is 11.6. The fourth-order valence-electron chi connectivity index (χ4n) is 1.53. The van der Waals surface area contributed by atoms with Gasteiger partial charge in [-0.3, -0.25) is 4.79 Å². The van der Waals surface area contributed by atoms with E-state index >= 15 is 0 Å². The summed E-state index contributed by atoms with van der Waals surface area (Å²) in [5.74, 6) is 0.0183. The topological polar surface area (TPSA) is 52.2 Å². The molecule has 0 atom stereocenters. The molecule has 0 aromatic heterocycles. The minimum atomic E-state index is -0.340. The zero-order valence-electron chi connectivity index (χ0n) is 11.8. The summed E-state index contributed by atoms with van der Waals surface area (Å²) in [4.78, 5) is 11.6. The molecule has 0 saturated carbocycles. The van der Waals surface area contributed by atoms with Gasteiger partial charge in [-0.25, -0.2) is 0 Å². The molecule has 100 valence electrons. The number of hydrogen-bond acceptors (Lipinski definition) is 2. The molecule has 0 aliphatic carbocycles. The summed E-state index contributed by atoms with van der Waals surface area (Å²) in [6.45, 7) is 11.0. The van der Waals surface area contributed by atoms with Crippen molar-refractivity contribution in [1.82, 2.24) is 5.32 Å². The summed E-state index contributed by atoms with van der Waals surface area (Å²) < 4.78 is 0.619. The number of amides is 1. The van der Waals surface area contributed by atoms with Crippen LogP contribution in [0.1, 0.15) is 27.2 Å². The van der Waals surface area contributed by atoms with Crippen LogP contribution in [0.15, 0.2) is 12.3 Å². The molecule has 0 aliphatic rings. The molecule has 4 nitrogen and oxygen atoms in total. The predicted molar refractivity (Wildman–Crippen MR) is 68.1 cm³/mol. The molecule has 17 heavy (non-hydrogen) atoms. The third-order valence-corrected chi connectivity index (χ3v) is 2.51. The monoisotopic (exact) mass is 242 g/mol. The van der Waals surface area contributed by atoms with Gasteiger partial charge >= 0.3 is 0 Å². The van der Waals surface area contributed by atoms with E-state index in [0.717, 1.165) is 13.0 Å². The number of hydrogen-bond donors (Lipinski definition) is 1. The number of rotatable bonds is 6. The SMILES string of the molecule is C=C([O-])C[N+](C)(C)CCCNC(=O)C(C)(C)C. The quantitative estimate of drug-likeness (QED) is 0.419. The highest BCUT2D eigenvalue weighted by molar-refractivity contribution is 5.81. The first-order valence-electron chi connectivity index (χ1n) is 6.00. The fourth-order valence-corrected chi connectivity index (χ4v) is 1.53. The van der Waals surface area contributed by atoms with E-state index in [0.29, 0.717) is 17.6 Å². The highest BCUT2D eigenvalue weighted by Gasteiger charge is 2.20. The highest BCUT2D eigenvalue weighted by atomic mass is 16.3. The number of likely N-dealkylation sites (N-methyl/N-ethyl adjacent to an activating group) is 1. The van der Waals surface area contributed by atoms with Crippen LogP contribution in [0.25, 0.3) is 0 Å². The van der Waals surface area contributed by atoms with E-state index in [4.69, 9.17) is 0 Å². The third-order valence-electron chi connectivity index (χ3n) is 2.51. The van der Waals surface area contributed by atoms with Crippen LogP contribution < -0.4 is 10.4 Å². The van der Waals surface area contributed by atoms with Crippen LogP contribution in [0.4, 0.5) is 0 Å². The summed E-state index contributed by atoms with van der Waals surface area (Å²) in [5, 5.41) is 13.8. The molecular formula is C13H26N2O2. The maximum absolute atomic E-state index is 11.6. The summed E-state index contributed by atoms with van der Waals surface area (Å²) >= 11 is 0. The average Bonchev–Trinajstić information content (AvgIpc) is 2.08. The molecule has 0 unspecified atom stereocenters. The molecule has 0 radical (unpaired) electrons. The van der Waals surface area contributed by atoms with Gasteiger partial charge in [0.15, 0.2) is 0 Å². The molecule has 0 aliphatic heterocycles. The van der Waals surface area contributed by atoms with Gasteiger partial charge < -0.3 is 14.9 Å². The van der Waals surface area contributed by atoms with Crippen LogP contribution in [-0.2, 0) is 4.79 Å². The lowest BCUT2D eigenvalue weighted by molar-refractivity contribution is -0.890. The van der Waals surface area contributed by atoms with E-state index < -0.39 is 0 Å². The van der Waals surface area contributed by atoms with Gasteiger partial charge in [0.25, 0.3) is 0 Å². The van der Waals surface area contributed by atoms with Crippen molar-refractivity contribution < 1.29 is 14.4 Å². The first-order chi connectivity index (χ1) is 7.54. The van der Waals surface area contributed by atoms with Crippen molar-refractivity contribution in [3.63, 3.8) is 0 Å². The van der Waals surface area contributed by atoms with E-state index in [-0.39, 0.29) is 17.1 Å². The maximum Gasteiger partial charge on any atom is 0.225 e. The Morgan fingerprint density at radius 1 is 1.35 bits per heavy atom. The Kier molecular flexibility index (Phi) is 5.69. The van der Waals surface area contributed by atoms with Crippen molar-refractivity contribution in [1.29, 1.82) is 0 Å². The fraction of sp³-hybridized carbons (Fsp3) is 0.769. The molecule has 1 N–H and O–H groups in total. The van der Waals surface area contributed by atoms with Crippen molar-refractivity contribution in [2.75, 3.05) is 33.7 Å². The molecule has 4 heteroatoms. The molecule has 0 saturated heterocycles. The summed E-state index contributed by atoms with van der Waals surface area (Å²) in [7, 11) is 3.99. The Hall–Kier alpha value is -1.03. The van der Waals surface area contributed by atoms with Gasteiger partial charge in [0, 0.05) is 18.4 Å². The van der Waals surface area contributed by atoms with Crippen LogP contribution >= 0.6 is 0 Å². The molecule has 0 aromatic carbocycles. The lowest BCUT2D eigenvalue weighted by atomic mass is 9.96. The number of carbonyl (C=O) groups excluding carboxylic acids is 1. The van der Waals surface area contributed by atoms with E-state index in [1.807, 2.05) is 34.9 Å². The largest absolute Gasteiger partial charge is 0.872 e. The van der Waals surface area contributed by atoms with Gasteiger partial charge in [-0.05, 0) is 0 Å². The predicted octanol–water partition coefficient (Wildman–Crippen LogP) is 0.489.